The molecule has 24 heavy (non-hydrogen) atoms. The second kappa shape index (κ2) is 5.19. The average Bonchev–Trinajstić information content (AvgIpc) is 3.28. The second-order valence-corrected chi connectivity index (χ2v) is 5.74. The first-order valence-corrected chi connectivity index (χ1v) is 7.88. The van der Waals surface area contributed by atoms with Crippen LogP contribution in [0.4, 0.5) is 11.8 Å². The van der Waals surface area contributed by atoms with E-state index in [1.165, 1.54) is 0 Å². The molecule has 5 rings (SSSR count). The van der Waals surface area contributed by atoms with Gasteiger partial charge in [0.05, 0.1) is 6.33 Å². The number of hydrogen-bond acceptors (Lipinski definition) is 7. The molecule has 0 radical (unpaired) electrons. The van der Waals surface area contributed by atoms with Gasteiger partial charge in [0.25, 0.3) is 6.01 Å². The third-order valence-electron chi connectivity index (χ3n) is 4.34. The molecule has 0 amide bonds. The van der Waals surface area contributed by atoms with E-state index in [-0.39, 0.29) is 0 Å². The molecule has 0 bridgehead atoms. The summed E-state index contributed by atoms with van der Waals surface area (Å²) >= 11 is 0. The van der Waals surface area contributed by atoms with Gasteiger partial charge in [-0.3, -0.25) is 0 Å². The summed E-state index contributed by atoms with van der Waals surface area (Å²) in [5, 5.41) is 0. The Labute approximate surface area is 137 Å². The predicted molar refractivity (Wildman–Crippen MR) is 90.1 cm³/mol. The van der Waals surface area contributed by atoms with Gasteiger partial charge >= 0.3 is 0 Å². The van der Waals surface area contributed by atoms with E-state index in [2.05, 4.69) is 34.7 Å². The maximum atomic E-state index is 5.86. The minimum atomic E-state index is 0.685. The molecule has 4 heterocycles. The first kappa shape index (κ1) is 13.3. The van der Waals surface area contributed by atoms with Crippen LogP contribution in [-0.4, -0.2) is 51.1 Å². The van der Waals surface area contributed by atoms with Crippen molar-refractivity contribution in [1.82, 2.24) is 24.9 Å². The van der Waals surface area contributed by atoms with Crippen molar-refractivity contribution in [3.63, 3.8) is 0 Å². The van der Waals surface area contributed by atoms with Gasteiger partial charge in [0.15, 0.2) is 17.0 Å². The van der Waals surface area contributed by atoms with Gasteiger partial charge < -0.3 is 19.2 Å². The fourth-order valence-electron chi connectivity index (χ4n) is 3.10. The van der Waals surface area contributed by atoms with E-state index in [9.17, 15) is 0 Å². The van der Waals surface area contributed by atoms with Crippen LogP contribution in [0.3, 0.4) is 0 Å². The predicted octanol–water partition coefficient (Wildman–Crippen LogP) is 1.82. The Kier molecular flexibility index (Phi) is 2.87. The number of oxazole rings is 1. The number of nitrogens with one attached hydrogen (secondary N) is 1. The van der Waals surface area contributed by atoms with Gasteiger partial charge in [-0.15, -0.1) is 0 Å². The first-order valence-electron chi connectivity index (χ1n) is 7.88. The first-order chi connectivity index (χ1) is 11.9. The molecule has 1 aliphatic heterocycles. The van der Waals surface area contributed by atoms with Crippen LogP contribution in [0.2, 0.25) is 0 Å². The fourth-order valence-corrected chi connectivity index (χ4v) is 3.10. The maximum Gasteiger partial charge on any atom is 0.298 e. The summed E-state index contributed by atoms with van der Waals surface area (Å²) in [7, 11) is 0. The van der Waals surface area contributed by atoms with E-state index in [1.807, 2.05) is 24.3 Å². The quantitative estimate of drug-likeness (QED) is 0.602. The number of piperazine rings is 1. The Morgan fingerprint density at radius 3 is 2.67 bits per heavy atom. The minimum Gasteiger partial charge on any atom is -0.423 e. The minimum absolute atomic E-state index is 0.685. The van der Waals surface area contributed by atoms with E-state index in [4.69, 9.17) is 4.42 Å². The highest BCUT2D eigenvalue weighted by atomic mass is 16.4. The molecule has 0 saturated carbocycles. The number of fused-ring (bicyclic) bond motifs is 2. The van der Waals surface area contributed by atoms with Crippen LogP contribution >= 0.6 is 0 Å². The molecule has 0 spiro atoms. The average molecular weight is 321 g/mol. The van der Waals surface area contributed by atoms with Crippen LogP contribution in [0.25, 0.3) is 22.3 Å². The fraction of sp³-hybridized carbons (Fsp3) is 0.250. The summed E-state index contributed by atoms with van der Waals surface area (Å²) in [4.78, 5) is 24.9. The number of para-hydroxylation sites is 2. The SMILES string of the molecule is c1ccc2oc(N3CCN(c4ncnc5nc[nH]c45)CC3)nc2c1. The molecular formula is C16H15N7O. The van der Waals surface area contributed by atoms with Crippen LogP contribution in [0.5, 0.6) is 0 Å². The molecule has 0 aliphatic carbocycles. The van der Waals surface area contributed by atoms with E-state index < -0.39 is 0 Å². The molecule has 1 fully saturated rings. The van der Waals surface area contributed by atoms with Gasteiger partial charge in [0.1, 0.15) is 17.4 Å². The van der Waals surface area contributed by atoms with Crippen LogP contribution in [0.1, 0.15) is 0 Å². The molecule has 0 atom stereocenters. The molecule has 8 nitrogen and oxygen atoms in total. The van der Waals surface area contributed by atoms with Crippen molar-refractivity contribution >= 4 is 34.1 Å². The molecular weight excluding hydrogens is 306 g/mol. The Morgan fingerprint density at radius 2 is 1.79 bits per heavy atom. The number of nitrogens with zero attached hydrogens (tertiary/aromatic N) is 6. The van der Waals surface area contributed by atoms with Crippen molar-refractivity contribution in [2.75, 3.05) is 36.0 Å². The molecule has 120 valence electrons. The molecule has 1 aliphatic rings. The van der Waals surface area contributed by atoms with Gasteiger partial charge in [0, 0.05) is 26.2 Å². The Hall–Kier alpha value is -3.16. The summed E-state index contributed by atoms with van der Waals surface area (Å²) in [6, 6.07) is 8.52. The van der Waals surface area contributed by atoms with Crippen molar-refractivity contribution in [2.24, 2.45) is 0 Å². The van der Waals surface area contributed by atoms with Crippen LogP contribution in [0, 0.1) is 0 Å². The molecule has 4 aromatic rings. The lowest BCUT2D eigenvalue weighted by atomic mass is 10.3. The van der Waals surface area contributed by atoms with Crippen molar-refractivity contribution in [2.45, 2.75) is 0 Å². The number of aromatic nitrogens is 5. The number of hydrogen-bond donors (Lipinski definition) is 1. The Morgan fingerprint density at radius 1 is 0.958 bits per heavy atom. The topological polar surface area (TPSA) is 87.0 Å². The highest BCUT2D eigenvalue weighted by Crippen LogP contribution is 2.25. The van der Waals surface area contributed by atoms with Crippen molar-refractivity contribution in [3.8, 4) is 0 Å². The third kappa shape index (κ3) is 2.07. The van der Waals surface area contributed by atoms with Crippen molar-refractivity contribution < 1.29 is 4.42 Å². The van der Waals surface area contributed by atoms with E-state index in [1.54, 1.807) is 12.7 Å². The summed E-state index contributed by atoms with van der Waals surface area (Å²) in [6.07, 6.45) is 3.21. The molecule has 1 N–H and O–H groups in total. The van der Waals surface area contributed by atoms with Crippen molar-refractivity contribution in [1.29, 1.82) is 0 Å². The molecule has 0 unspecified atom stereocenters. The monoisotopic (exact) mass is 321 g/mol. The number of benzene rings is 1. The summed E-state index contributed by atoms with van der Waals surface area (Å²) in [5.41, 5.74) is 3.30. The van der Waals surface area contributed by atoms with E-state index in [0.717, 1.165) is 48.6 Å². The normalized spacial score (nSPS) is 15.5. The lowest BCUT2D eigenvalue weighted by molar-refractivity contribution is 0.541. The number of H-pyrrole nitrogens is 1. The highest BCUT2D eigenvalue weighted by molar-refractivity contribution is 5.82. The van der Waals surface area contributed by atoms with Crippen LogP contribution in [-0.2, 0) is 0 Å². The Balaban J connectivity index is 1.38. The lowest BCUT2D eigenvalue weighted by Gasteiger charge is -2.34. The zero-order chi connectivity index (χ0) is 15.9. The smallest absolute Gasteiger partial charge is 0.298 e. The van der Waals surface area contributed by atoms with Crippen LogP contribution < -0.4 is 9.80 Å². The van der Waals surface area contributed by atoms with Gasteiger partial charge in [-0.25, -0.2) is 15.0 Å². The number of imidazole rings is 1. The number of anilines is 2. The largest absolute Gasteiger partial charge is 0.423 e. The standard InChI is InChI=1S/C16H15N7O/c1-2-4-12-11(3-1)21-16(24-12)23-7-5-22(6-8-23)15-13-14(18-9-17-13)19-10-20-15/h1-4,9-10H,5-8H2,(H,17,18,19,20). The zero-order valence-electron chi connectivity index (χ0n) is 12.9. The third-order valence-corrected chi connectivity index (χ3v) is 4.34. The lowest BCUT2D eigenvalue weighted by Crippen LogP contribution is -2.47. The van der Waals surface area contributed by atoms with Gasteiger partial charge in [-0.05, 0) is 12.1 Å². The van der Waals surface area contributed by atoms with Gasteiger partial charge in [-0.1, -0.05) is 12.1 Å². The van der Waals surface area contributed by atoms with Gasteiger partial charge in [0.2, 0.25) is 0 Å². The van der Waals surface area contributed by atoms with Gasteiger partial charge in [-0.2, -0.15) is 4.98 Å². The summed E-state index contributed by atoms with van der Waals surface area (Å²) in [5.74, 6) is 0.898. The van der Waals surface area contributed by atoms with E-state index >= 15 is 0 Å². The summed E-state index contributed by atoms with van der Waals surface area (Å²) < 4.78 is 5.86. The second-order valence-electron chi connectivity index (χ2n) is 5.74. The van der Waals surface area contributed by atoms with Crippen molar-refractivity contribution in [3.05, 3.63) is 36.9 Å². The van der Waals surface area contributed by atoms with Crippen LogP contribution in [0.15, 0.2) is 41.3 Å². The maximum absolute atomic E-state index is 5.86. The Bertz CT molecular complexity index is 967. The molecule has 1 saturated heterocycles. The summed E-state index contributed by atoms with van der Waals surface area (Å²) in [6.45, 7) is 3.33. The molecule has 3 aromatic heterocycles. The highest BCUT2D eigenvalue weighted by Gasteiger charge is 2.23. The molecule has 1 aromatic carbocycles. The zero-order valence-corrected chi connectivity index (χ0v) is 12.9. The number of aromatic amines is 1. The number of rotatable bonds is 2. The van der Waals surface area contributed by atoms with E-state index in [0.29, 0.717) is 11.7 Å². The molecule has 8 heteroatoms.